The van der Waals surface area contributed by atoms with Gasteiger partial charge in [-0.2, -0.15) is 0 Å². The van der Waals surface area contributed by atoms with E-state index in [2.05, 4.69) is 4.74 Å². The summed E-state index contributed by atoms with van der Waals surface area (Å²) in [4.78, 5) is 33.9. The van der Waals surface area contributed by atoms with Gasteiger partial charge in [-0.1, -0.05) is 11.6 Å². The molecule has 0 aliphatic rings. The first-order chi connectivity index (χ1) is 8.88. The summed E-state index contributed by atoms with van der Waals surface area (Å²) >= 11 is 5.71. The maximum Gasteiger partial charge on any atom is 0.336 e. The molecule has 1 atom stereocenters. The zero-order valence-electron chi connectivity index (χ0n) is 9.92. The minimum Gasteiger partial charge on any atom is -0.480 e. The Balaban J connectivity index is 3.37. The topological polar surface area (TPSA) is 101 Å². The molecule has 7 heteroatoms. The van der Waals surface area contributed by atoms with Crippen LogP contribution in [0.25, 0.3) is 0 Å². The number of aromatic carboxylic acids is 1. The van der Waals surface area contributed by atoms with Crippen LogP contribution in [0.5, 0.6) is 0 Å². The van der Waals surface area contributed by atoms with Gasteiger partial charge in [-0.25, -0.2) is 4.79 Å². The Bertz CT molecular complexity index is 525. The van der Waals surface area contributed by atoms with Crippen LogP contribution in [0.15, 0.2) is 18.2 Å². The molecule has 2 N–H and O–H groups in total. The number of hydrogen-bond acceptors (Lipinski definition) is 4. The minimum absolute atomic E-state index is 0.00835. The normalized spacial score (nSPS) is 11.7. The van der Waals surface area contributed by atoms with E-state index < -0.39 is 23.8 Å². The van der Waals surface area contributed by atoms with Crippen molar-refractivity contribution in [3.63, 3.8) is 0 Å². The summed E-state index contributed by atoms with van der Waals surface area (Å²) in [6.07, 6.45) is 0. The Morgan fingerprint density at radius 3 is 2.42 bits per heavy atom. The van der Waals surface area contributed by atoms with Crippen molar-refractivity contribution in [3.8, 4) is 0 Å². The van der Waals surface area contributed by atoms with Crippen molar-refractivity contribution >= 4 is 29.5 Å². The minimum atomic E-state index is -1.72. The highest BCUT2D eigenvalue weighted by atomic mass is 35.5. The molecule has 0 saturated heterocycles. The molecule has 0 heterocycles. The number of aliphatic carboxylic acids is 1. The average Bonchev–Trinajstić information content (AvgIpc) is 2.28. The van der Waals surface area contributed by atoms with Gasteiger partial charge in [0.2, 0.25) is 0 Å². The molecule has 0 aromatic heterocycles. The number of hydrogen-bond donors (Lipinski definition) is 2. The molecule has 0 aliphatic heterocycles. The Morgan fingerprint density at radius 2 is 1.95 bits per heavy atom. The zero-order chi connectivity index (χ0) is 14.6. The highest BCUT2D eigenvalue weighted by molar-refractivity contribution is 6.30. The molecule has 0 fully saturated rings. The summed E-state index contributed by atoms with van der Waals surface area (Å²) in [5, 5.41) is 18.2. The van der Waals surface area contributed by atoms with Crippen molar-refractivity contribution < 1.29 is 29.3 Å². The van der Waals surface area contributed by atoms with Crippen LogP contribution in [0.1, 0.15) is 28.8 Å². The standard InChI is InChI=1S/C12H11ClO6/c1-2-19-12(18)9(11(16)17)8-5-6(13)3-4-7(8)10(14)15/h3-5,9H,2H2,1H3,(H,14,15)(H,16,17). The molecule has 19 heavy (non-hydrogen) atoms. The number of benzene rings is 1. The fourth-order valence-corrected chi connectivity index (χ4v) is 1.73. The third-order valence-electron chi connectivity index (χ3n) is 2.32. The first kappa shape index (κ1) is 15.0. The molecular formula is C12H11ClO6. The molecule has 0 aliphatic carbocycles. The van der Waals surface area contributed by atoms with E-state index in [1.807, 2.05) is 0 Å². The van der Waals surface area contributed by atoms with E-state index in [-0.39, 0.29) is 22.8 Å². The molecule has 1 aromatic carbocycles. The Morgan fingerprint density at radius 1 is 1.32 bits per heavy atom. The second-order valence-corrected chi connectivity index (χ2v) is 4.00. The zero-order valence-corrected chi connectivity index (χ0v) is 10.7. The van der Waals surface area contributed by atoms with Crippen molar-refractivity contribution in [1.29, 1.82) is 0 Å². The Kier molecular flexibility index (Phi) is 4.88. The van der Waals surface area contributed by atoms with Crippen LogP contribution in [0, 0.1) is 0 Å². The molecule has 0 saturated carbocycles. The maximum atomic E-state index is 11.6. The van der Waals surface area contributed by atoms with Gasteiger partial charge in [0.05, 0.1) is 12.2 Å². The van der Waals surface area contributed by atoms with E-state index in [1.54, 1.807) is 0 Å². The summed E-state index contributed by atoms with van der Waals surface area (Å²) in [6, 6.07) is 3.59. The van der Waals surface area contributed by atoms with Crippen LogP contribution in [0.4, 0.5) is 0 Å². The van der Waals surface area contributed by atoms with Gasteiger partial charge in [0.15, 0.2) is 5.92 Å². The van der Waals surface area contributed by atoms with Crippen LogP contribution in [-0.2, 0) is 14.3 Å². The lowest BCUT2D eigenvalue weighted by Gasteiger charge is -2.14. The van der Waals surface area contributed by atoms with Crippen LogP contribution < -0.4 is 0 Å². The summed E-state index contributed by atoms with van der Waals surface area (Å²) < 4.78 is 4.64. The second kappa shape index (κ2) is 6.19. The van der Waals surface area contributed by atoms with Crippen molar-refractivity contribution in [2.75, 3.05) is 6.61 Å². The first-order valence-electron chi connectivity index (χ1n) is 5.30. The first-order valence-corrected chi connectivity index (χ1v) is 5.68. The lowest BCUT2D eigenvalue weighted by molar-refractivity contribution is -0.153. The second-order valence-electron chi connectivity index (χ2n) is 3.56. The number of halogens is 1. The number of ether oxygens (including phenoxy) is 1. The predicted octanol–water partition coefficient (Wildman–Crippen LogP) is 1.77. The SMILES string of the molecule is CCOC(=O)C(C(=O)O)c1cc(Cl)ccc1C(=O)O. The lowest BCUT2D eigenvalue weighted by Crippen LogP contribution is -2.25. The van der Waals surface area contributed by atoms with Gasteiger partial charge in [-0.15, -0.1) is 0 Å². The molecule has 102 valence electrons. The Hall–Kier alpha value is -2.08. The van der Waals surface area contributed by atoms with Gasteiger partial charge in [-0.05, 0) is 30.7 Å². The van der Waals surface area contributed by atoms with E-state index >= 15 is 0 Å². The van der Waals surface area contributed by atoms with Crippen LogP contribution in [0.2, 0.25) is 5.02 Å². The number of rotatable bonds is 5. The predicted molar refractivity (Wildman–Crippen MR) is 65.4 cm³/mol. The molecule has 0 spiro atoms. The van der Waals surface area contributed by atoms with E-state index in [1.165, 1.54) is 13.0 Å². The largest absolute Gasteiger partial charge is 0.480 e. The fourth-order valence-electron chi connectivity index (χ4n) is 1.55. The number of carboxylic acids is 2. The Labute approximate surface area is 113 Å². The lowest BCUT2D eigenvalue weighted by atomic mass is 9.94. The van der Waals surface area contributed by atoms with E-state index in [9.17, 15) is 14.4 Å². The quantitative estimate of drug-likeness (QED) is 0.632. The number of carbonyl (C=O) groups excluding carboxylic acids is 1. The molecule has 1 unspecified atom stereocenters. The monoisotopic (exact) mass is 286 g/mol. The molecule has 6 nitrogen and oxygen atoms in total. The maximum absolute atomic E-state index is 11.6. The van der Waals surface area contributed by atoms with E-state index in [0.29, 0.717) is 0 Å². The molecular weight excluding hydrogens is 276 g/mol. The van der Waals surface area contributed by atoms with E-state index in [0.717, 1.165) is 12.1 Å². The van der Waals surface area contributed by atoms with Gasteiger partial charge in [0.1, 0.15) is 0 Å². The van der Waals surface area contributed by atoms with Gasteiger partial charge in [0, 0.05) is 5.02 Å². The molecule has 0 amide bonds. The fraction of sp³-hybridized carbons (Fsp3) is 0.250. The molecule has 1 rings (SSSR count). The smallest absolute Gasteiger partial charge is 0.336 e. The molecule has 0 radical (unpaired) electrons. The van der Waals surface area contributed by atoms with Crippen LogP contribution in [0.3, 0.4) is 0 Å². The van der Waals surface area contributed by atoms with Crippen LogP contribution >= 0.6 is 11.6 Å². The molecule has 0 bridgehead atoms. The summed E-state index contributed by atoms with van der Waals surface area (Å²) in [5.74, 6) is -5.59. The highest BCUT2D eigenvalue weighted by Gasteiger charge is 2.33. The van der Waals surface area contributed by atoms with Gasteiger partial charge >= 0.3 is 17.9 Å². The molecule has 1 aromatic rings. The van der Waals surface area contributed by atoms with Crippen molar-refractivity contribution in [1.82, 2.24) is 0 Å². The van der Waals surface area contributed by atoms with Crippen LogP contribution in [-0.4, -0.2) is 34.7 Å². The average molecular weight is 287 g/mol. The van der Waals surface area contributed by atoms with Gasteiger partial charge in [0.25, 0.3) is 0 Å². The van der Waals surface area contributed by atoms with E-state index in [4.69, 9.17) is 21.8 Å². The van der Waals surface area contributed by atoms with Gasteiger partial charge in [-0.3, -0.25) is 9.59 Å². The summed E-state index contributed by atoms with van der Waals surface area (Å²) in [5.41, 5.74) is -0.504. The van der Waals surface area contributed by atoms with Crippen molar-refractivity contribution in [2.24, 2.45) is 0 Å². The summed E-state index contributed by atoms with van der Waals surface area (Å²) in [6.45, 7) is 1.51. The number of esters is 1. The van der Waals surface area contributed by atoms with Crippen molar-refractivity contribution in [3.05, 3.63) is 34.3 Å². The van der Waals surface area contributed by atoms with Gasteiger partial charge < -0.3 is 14.9 Å². The van der Waals surface area contributed by atoms with Crippen molar-refractivity contribution in [2.45, 2.75) is 12.8 Å². The number of carboxylic acid groups (broad SMARTS) is 2. The highest BCUT2D eigenvalue weighted by Crippen LogP contribution is 2.26. The summed E-state index contributed by atoms with van der Waals surface area (Å²) in [7, 11) is 0. The third kappa shape index (κ3) is 3.45. The third-order valence-corrected chi connectivity index (χ3v) is 2.56. The number of carbonyl (C=O) groups is 3.